The lowest BCUT2D eigenvalue weighted by Gasteiger charge is -2.37. The highest BCUT2D eigenvalue weighted by Gasteiger charge is 2.31. The standard InChI is InChI=1S/C30H35N7O3/c31-28(38)26-3-1-15-37(26)24-9-5-21(6-10-24)25-13-14-32-30(34-25)33-22-7-11-23(12-8-22)35-16-18-36(19-17-35)29(39)27-4-2-20-40-27/h5-14,26-27H,1-4,15-20H2,(H2,31,38)(H,32,33,34)/t26-,27+/m1/s1. The molecule has 10 nitrogen and oxygen atoms in total. The fraction of sp³-hybridized carbons (Fsp3) is 0.400. The molecule has 3 saturated heterocycles. The van der Waals surface area contributed by atoms with E-state index in [-0.39, 0.29) is 24.0 Å². The molecule has 0 bridgehead atoms. The van der Waals surface area contributed by atoms with E-state index < -0.39 is 0 Å². The number of aromatic nitrogens is 2. The number of nitrogens with two attached hydrogens (primary N) is 1. The Hall–Kier alpha value is -4.18. The smallest absolute Gasteiger partial charge is 0.251 e. The van der Waals surface area contributed by atoms with Gasteiger partial charge in [0.05, 0.1) is 5.69 Å². The summed E-state index contributed by atoms with van der Waals surface area (Å²) in [7, 11) is 0. The molecule has 3 fully saturated rings. The first-order chi connectivity index (χ1) is 19.5. The number of carbonyl (C=O) groups is 2. The number of nitrogens with zero attached hydrogens (tertiary/aromatic N) is 5. The molecule has 10 heteroatoms. The summed E-state index contributed by atoms with van der Waals surface area (Å²) < 4.78 is 5.57. The zero-order chi connectivity index (χ0) is 27.5. The van der Waals surface area contributed by atoms with Crippen LogP contribution in [-0.2, 0) is 14.3 Å². The number of rotatable bonds is 7. The summed E-state index contributed by atoms with van der Waals surface area (Å²) in [5.74, 6) is 0.382. The van der Waals surface area contributed by atoms with Crippen molar-refractivity contribution in [3.63, 3.8) is 0 Å². The van der Waals surface area contributed by atoms with Crippen molar-refractivity contribution in [3.05, 3.63) is 60.8 Å². The Labute approximate surface area is 234 Å². The minimum absolute atomic E-state index is 0.137. The highest BCUT2D eigenvalue weighted by molar-refractivity contribution is 5.84. The van der Waals surface area contributed by atoms with E-state index in [1.165, 1.54) is 0 Å². The number of primary amides is 1. The molecule has 0 aliphatic carbocycles. The molecule has 0 radical (unpaired) electrons. The topological polar surface area (TPSA) is 117 Å². The molecule has 0 saturated carbocycles. The van der Waals surface area contributed by atoms with Crippen molar-refractivity contribution in [2.24, 2.45) is 5.73 Å². The molecule has 3 aliphatic heterocycles. The van der Waals surface area contributed by atoms with Gasteiger partial charge in [-0.1, -0.05) is 12.1 Å². The van der Waals surface area contributed by atoms with Crippen molar-refractivity contribution in [1.82, 2.24) is 14.9 Å². The average molecular weight is 542 g/mol. The molecule has 2 amide bonds. The second kappa shape index (κ2) is 11.5. The summed E-state index contributed by atoms with van der Waals surface area (Å²) in [5.41, 5.74) is 10.4. The van der Waals surface area contributed by atoms with E-state index in [2.05, 4.69) is 32.2 Å². The number of nitrogens with one attached hydrogen (secondary N) is 1. The molecule has 3 N–H and O–H groups in total. The van der Waals surface area contributed by atoms with Gasteiger partial charge in [-0.15, -0.1) is 0 Å². The van der Waals surface area contributed by atoms with Crippen LogP contribution >= 0.6 is 0 Å². The minimum atomic E-state index is -0.273. The summed E-state index contributed by atoms with van der Waals surface area (Å²) in [6.45, 7) is 4.55. The zero-order valence-electron chi connectivity index (χ0n) is 22.5. The van der Waals surface area contributed by atoms with Gasteiger partial charge in [0.15, 0.2) is 0 Å². The predicted octanol–water partition coefficient (Wildman–Crippen LogP) is 3.17. The Morgan fingerprint density at radius 1 is 0.875 bits per heavy atom. The van der Waals surface area contributed by atoms with E-state index in [9.17, 15) is 9.59 Å². The SMILES string of the molecule is NC(=O)[C@H]1CCCN1c1ccc(-c2ccnc(Nc3ccc(N4CCN(C(=O)[C@@H]5CCCO5)CC4)cc3)n2)cc1. The van der Waals surface area contributed by atoms with Gasteiger partial charge in [-0.2, -0.15) is 0 Å². The Bertz CT molecular complexity index is 1330. The van der Waals surface area contributed by atoms with Crippen molar-refractivity contribution in [2.75, 3.05) is 54.4 Å². The Morgan fingerprint density at radius 2 is 1.62 bits per heavy atom. The van der Waals surface area contributed by atoms with E-state index in [0.29, 0.717) is 25.6 Å². The summed E-state index contributed by atoms with van der Waals surface area (Å²) in [4.78, 5) is 39.8. The largest absolute Gasteiger partial charge is 0.368 e. The molecule has 4 heterocycles. The van der Waals surface area contributed by atoms with E-state index in [1.54, 1.807) is 6.20 Å². The van der Waals surface area contributed by atoms with Gasteiger partial charge in [0.1, 0.15) is 12.1 Å². The molecule has 2 aromatic carbocycles. The molecular weight excluding hydrogens is 506 g/mol. The number of amides is 2. The van der Waals surface area contributed by atoms with Crippen LogP contribution in [0.2, 0.25) is 0 Å². The lowest BCUT2D eigenvalue weighted by Crippen LogP contribution is -2.51. The summed E-state index contributed by atoms with van der Waals surface area (Å²) in [6.07, 6.45) is 5.07. The number of benzene rings is 2. The number of carbonyl (C=O) groups excluding carboxylic acids is 2. The maximum absolute atomic E-state index is 12.6. The van der Waals surface area contributed by atoms with Gasteiger partial charge < -0.3 is 30.5 Å². The number of hydrogen-bond donors (Lipinski definition) is 2. The van der Waals surface area contributed by atoms with Crippen molar-refractivity contribution in [3.8, 4) is 11.3 Å². The van der Waals surface area contributed by atoms with Crippen LogP contribution in [-0.4, -0.2) is 78.2 Å². The second-order valence-electron chi connectivity index (χ2n) is 10.6. The zero-order valence-corrected chi connectivity index (χ0v) is 22.5. The Morgan fingerprint density at radius 3 is 2.33 bits per heavy atom. The highest BCUT2D eigenvalue weighted by Crippen LogP contribution is 2.29. The first-order valence-electron chi connectivity index (χ1n) is 14.1. The van der Waals surface area contributed by atoms with Crippen LogP contribution in [0.1, 0.15) is 25.7 Å². The quantitative estimate of drug-likeness (QED) is 0.469. The van der Waals surface area contributed by atoms with E-state index in [4.69, 9.17) is 15.5 Å². The van der Waals surface area contributed by atoms with E-state index in [1.807, 2.05) is 47.4 Å². The van der Waals surface area contributed by atoms with Gasteiger partial charge in [-0.25, -0.2) is 9.97 Å². The van der Waals surface area contributed by atoms with Crippen LogP contribution in [0.3, 0.4) is 0 Å². The van der Waals surface area contributed by atoms with Gasteiger partial charge >= 0.3 is 0 Å². The van der Waals surface area contributed by atoms with Crippen molar-refractivity contribution in [1.29, 1.82) is 0 Å². The highest BCUT2D eigenvalue weighted by atomic mass is 16.5. The summed E-state index contributed by atoms with van der Waals surface area (Å²) in [5, 5.41) is 3.30. The number of piperazine rings is 1. The monoisotopic (exact) mass is 541 g/mol. The Balaban J connectivity index is 1.06. The fourth-order valence-electron chi connectivity index (χ4n) is 5.82. The third-order valence-corrected chi connectivity index (χ3v) is 8.02. The van der Waals surface area contributed by atoms with Gasteiger partial charge in [0.2, 0.25) is 11.9 Å². The minimum Gasteiger partial charge on any atom is -0.368 e. The number of ether oxygens (including phenoxy) is 1. The van der Waals surface area contributed by atoms with Crippen LogP contribution in [0.25, 0.3) is 11.3 Å². The Kier molecular flexibility index (Phi) is 7.50. The normalized spacial score (nSPS) is 21.1. The second-order valence-corrected chi connectivity index (χ2v) is 10.6. The summed E-state index contributed by atoms with van der Waals surface area (Å²) in [6, 6.07) is 17.9. The molecule has 0 unspecified atom stereocenters. The van der Waals surface area contributed by atoms with Gasteiger partial charge in [-0.3, -0.25) is 9.59 Å². The molecular formula is C30H35N7O3. The molecule has 40 heavy (non-hydrogen) atoms. The number of hydrogen-bond acceptors (Lipinski definition) is 8. The van der Waals surface area contributed by atoms with Crippen molar-refractivity contribution >= 4 is 34.8 Å². The first-order valence-corrected chi connectivity index (χ1v) is 14.1. The summed E-state index contributed by atoms with van der Waals surface area (Å²) >= 11 is 0. The first kappa shape index (κ1) is 26.1. The molecule has 0 spiro atoms. The molecule has 2 atom stereocenters. The molecule has 208 valence electrons. The molecule has 3 aromatic rings. The fourth-order valence-corrected chi connectivity index (χ4v) is 5.82. The average Bonchev–Trinajstić information content (AvgIpc) is 3.71. The maximum atomic E-state index is 12.6. The van der Waals surface area contributed by atoms with Gasteiger partial charge in [-0.05, 0) is 68.1 Å². The van der Waals surface area contributed by atoms with Gasteiger partial charge in [0, 0.05) is 68.2 Å². The maximum Gasteiger partial charge on any atom is 0.251 e. The lowest BCUT2D eigenvalue weighted by molar-refractivity contribution is -0.141. The van der Waals surface area contributed by atoms with E-state index >= 15 is 0 Å². The van der Waals surface area contributed by atoms with Crippen molar-refractivity contribution < 1.29 is 14.3 Å². The predicted molar refractivity (Wildman–Crippen MR) is 155 cm³/mol. The third kappa shape index (κ3) is 5.58. The van der Waals surface area contributed by atoms with Crippen LogP contribution in [0.4, 0.5) is 23.0 Å². The van der Waals surface area contributed by atoms with Crippen LogP contribution in [0.5, 0.6) is 0 Å². The van der Waals surface area contributed by atoms with Crippen LogP contribution in [0, 0.1) is 0 Å². The molecule has 6 rings (SSSR count). The molecule has 1 aromatic heterocycles. The number of anilines is 4. The van der Waals surface area contributed by atoms with Crippen molar-refractivity contribution in [2.45, 2.75) is 37.8 Å². The van der Waals surface area contributed by atoms with E-state index in [0.717, 1.165) is 73.6 Å². The lowest BCUT2D eigenvalue weighted by atomic mass is 10.1. The molecule has 3 aliphatic rings. The van der Waals surface area contributed by atoms with Crippen LogP contribution < -0.4 is 20.9 Å². The van der Waals surface area contributed by atoms with Gasteiger partial charge in [0.25, 0.3) is 5.91 Å². The van der Waals surface area contributed by atoms with Crippen LogP contribution in [0.15, 0.2) is 60.8 Å². The third-order valence-electron chi connectivity index (χ3n) is 8.02.